The Balaban J connectivity index is 2.38. The van der Waals surface area contributed by atoms with E-state index in [0.717, 1.165) is 13.1 Å². The summed E-state index contributed by atoms with van der Waals surface area (Å²) >= 11 is 0. The zero-order chi connectivity index (χ0) is 14.2. The molecule has 0 amide bonds. The lowest BCUT2D eigenvalue weighted by atomic mass is 10.0. The number of nitro groups is 1. The molecule has 1 N–H and O–H groups in total. The van der Waals surface area contributed by atoms with Crippen molar-refractivity contribution in [3.63, 3.8) is 0 Å². The maximum absolute atomic E-state index is 11.2. The molecule has 5 nitrogen and oxygen atoms in total. The van der Waals surface area contributed by atoms with Gasteiger partial charge >= 0.3 is 0 Å². The molecular weight excluding hydrogens is 244 g/mol. The Hall–Kier alpha value is -1.62. The highest BCUT2D eigenvalue weighted by molar-refractivity contribution is 5.65. The van der Waals surface area contributed by atoms with Crippen molar-refractivity contribution < 1.29 is 10.0 Å². The molecule has 0 radical (unpaired) electrons. The van der Waals surface area contributed by atoms with E-state index >= 15 is 0 Å². The predicted molar refractivity (Wildman–Crippen MR) is 74.3 cm³/mol. The van der Waals surface area contributed by atoms with Crippen molar-refractivity contribution in [2.75, 3.05) is 18.0 Å². The second-order valence-electron chi connectivity index (χ2n) is 5.54. The number of anilines is 1. The van der Waals surface area contributed by atoms with Gasteiger partial charge in [-0.2, -0.15) is 0 Å². The van der Waals surface area contributed by atoms with Gasteiger partial charge in [0, 0.05) is 19.2 Å². The van der Waals surface area contributed by atoms with Crippen LogP contribution in [0.3, 0.4) is 0 Å². The van der Waals surface area contributed by atoms with Gasteiger partial charge in [-0.3, -0.25) is 10.1 Å². The lowest BCUT2D eigenvalue weighted by Gasteiger charge is -2.19. The van der Waals surface area contributed by atoms with Crippen LogP contribution in [0.25, 0.3) is 0 Å². The average Bonchev–Trinajstić information content (AvgIpc) is 2.68. The molecule has 0 aliphatic carbocycles. The molecule has 1 saturated heterocycles. The van der Waals surface area contributed by atoms with Crippen LogP contribution in [0.2, 0.25) is 0 Å². The molecule has 0 aromatic heterocycles. The van der Waals surface area contributed by atoms with Crippen molar-refractivity contribution >= 4 is 11.4 Å². The molecule has 1 heterocycles. The highest BCUT2D eigenvalue weighted by atomic mass is 16.6. The molecule has 104 valence electrons. The summed E-state index contributed by atoms with van der Waals surface area (Å²) in [4.78, 5) is 12.9. The number of hydrogen-bond donors (Lipinski definition) is 1. The lowest BCUT2D eigenvalue weighted by Crippen LogP contribution is -2.20. The summed E-state index contributed by atoms with van der Waals surface area (Å²) in [6.45, 7) is 7.63. The van der Waals surface area contributed by atoms with E-state index < -0.39 is 6.10 Å². The van der Waals surface area contributed by atoms with Crippen LogP contribution < -0.4 is 4.90 Å². The fourth-order valence-corrected chi connectivity index (χ4v) is 2.54. The number of nitrogens with zero attached hydrogens (tertiary/aromatic N) is 2. The van der Waals surface area contributed by atoms with E-state index in [9.17, 15) is 15.2 Å². The van der Waals surface area contributed by atoms with Crippen molar-refractivity contribution in [2.45, 2.75) is 26.9 Å². The monoisotopic (exact) mass is 264 g/mol. The van der Waals surface area contributed by atoms with Crippen LogP contribution in [0.1, 0.15) is 32.4 Å². The van der Waals surface area contributed by atoms with Crippen LogP contribution in [0.4, 0.5) is 11.4 Å². The van der Waals surface area contributed by atoms with E-state index in [1.165, 1.54) is 6.07 Å². The Morgan fingerprint density at radius 3 is 2.42 bits per heavy atom. The first-order valence-electron chi connectivity index (χ1n) is 6.61. The summed E-state index contributed by atoms with van der Waals surface area (Å²) in [6, 6.07) is 5.00. The van der Waals surface area contributed by atoms with E-state index in [1.54, 1.807) is 19.1 Å². The van der Waals surface area contributed by atoms with E-state index in [-0.39, 0.29) is 10.6 Å². The van der Waals surface area contributed by atoms with E-state index in [0.29, 0.717) is 23.1 Å². The largest absolute Gasteiger partial charge is 0.389 e. The standard InChI is InChI=1S/C14H20N2O3/c1-9-7-15(8-10(9)2)13-5-4-12(11(3)17)6-14(13)16(18)19/h4-6,9-11,17H,7-8H2,1-3H3/t9?,10?,11-/m1/s1. The van der Waals surface area contributed by atoms with Crippen LogP contribution in [0.15, 0.2) is 18.2 Å². The van der Waals surface area contributed by atoms with Crippen LogP contribution >= 0.6 is 0 Å². The number of rotatable bonds is 3. The third-order valence-electron chi connectivity index (χ3n) is 4.01. The van der Waals surface area contributed by atoms with Gasteiger partial charge in [-0.05, 0) is 30.4 Å². The van der Waals surface area contributed by atoms with Gasteiger partial charge in [0.05, 0.1) is 11.0 Å². The lowest BCUT2D eigenvalue weighted by molar-refractivity contribution is -0.384. The maximum Gasteiger partial charge on any atom is 0.292 e. The first-order valence-corrected chi connectivity index (χ1v) is 6.61. The van der Waals surface area contributed by atoms with Gasteiger partial charge in [-0.15, -0.1) is 0 Å². The Morgan fingerprint density at radius 2 is 1.95 bits per heavy atom. The molecule has 1 aliphatic rings. The van der Waals surface area contributed by atoms with E-state index in [4.69, 9.17) is 0 Å². The maximum atomic E-state index is 11.2. The molecule has 0 spiro atoms. The van der Waals surface area contributed by atoms with Gasteiger partial charge in [-0.1, -0.05) is 19.9 Å². The van der Waals surface area contributed by atoms with E-state index in [2.05, 4.69) is 18.7 Å². The normalized spacial score (nSPS) is 24.5. The first kappa shape index (κ1) is 13.8. The van der Waals surface area contributed by atoms with Crippen LogP contribution in [0, 0.1) is 22.0 Å². The Bertz CT molecular complexity index is 478. The highest BCUT2D eigenvalue weighted by Crippen LogP contribution is 2.35. The minimum absolute atomic E-state index is 0.0831. The summed E-state index contributed by atoms with van der Waals surface area (Å²) in [6.07, 6.45) is -0.691. The summed E-state index contributed by atoms with van der Waals surface area (Å²) in [5, 5.41) is 20.7. The Labute approximate surface area is 113 Å². The number of aliphatic hydroxyl groups is 1. The fraction of sp³-hybridized carbons (Fsp3) is 0.571. The van der Waals surface area contributed by atoms with E-state index in [1.807, 2.05) is 0 Å². The first-order chi connectivity index (χ1) is 8.90. The SMILES string of the molecule is CC1CN(c2ccc([C@@H](C)O)cc2[N+](=O)[O-])CC1C. The smallest absolute Gasteiger partial charge is 0.292 e. The molecule has 0 saturated carbocycles. The highest BCUT2D eigenvalue weighted by Gasteiger charge is 2.30. The van der Waals surface area contributed by atoms with Crippen molar-refractivity contribution in [3.8, 4) is 0 Å². The Kier molecular flexibility index (Phi) is 3.75. The number of hydrogen-bond acceptors (Lipinski definition) is 4. The topological polar surface area (TPSA) is 66.6 Å². The molecule has 1 aliphatic heterocycles. The van der Waals surface area contributed by atoms with Crippen molar-refractivity contribution in [1.82, 2.24) is 0 Å². The quantitative estimate of drug-likeness (QED) is 0.673. The molecule has 3 atom stereocenters. The van der Waals surface area contributed by atoms with Gasteiger partial charge in [0.2, 0.25) is 0 Å². The van der Waals surface area contributed by atoms with Gasteiger partial charge in [0.15, 0.2) is 0 Å². The number of nitro benzene ring substituents is 1. The second-order valence-corrected chi connectivity index (χ2v) is 5.54. The summed E-state index contributed by atoms with van der Waals surface area (Å²) in [5.74, 6) is 1.08. The minimum atomic E-state index is -0.691. The molecule has 0 bridgehead atoms. The molecule has 5 heteroatoms. The molecule has 1 aromatic carbocycles. The molecule has 2 rings (SSSR count). The van der Waals surface area contributed by atoms with Crippen molar-refractivity contribution in [2.24, 2.45) is 11.8 Å². The molecular formula is C14H20N2O3. The molecule has 1 fully saturated rings. The minimum Gasteiger partial charge on any atom is -0.389 e. The third kappa shape index (κ3) is 2.71. The molecule has 2 unspecified atom stereocenters. The molecule has 19 heavy (non-hydrogen) atoms. The second kappa shape index (κ2) is 5.17. The van der Waals surface area contributed by atoms with Crippen LogP contribution in [0.5, 0.6) is 0 Å². The van der Waals surface area contributed by atoms with Gasteiger partial charge in [-0.25, -0.2) is 0 Å². The van der Waals surface area contributed by atoms with Gasteiger partial charge in [0.1, 0.15) is 5.69 Å². The van der Waals surface area contributed by atoms with Crippen LogP contribution in [-0.2, 0) is 0 Å². The summed E-state index contributed by atoms with van der Waals surface area (Å²) < 4.78 is 0. The summed E-state index contributed by atoms with van der Waals surface area (Å²) in [7, 11) is 0. The molecule has 1 aromatic rings. The zero-order valence-corrected chi connectivity index (χ0v) is 11.5. The van der Waals surface area contributed by atoms with Crippen LogP contribution in [-0.4, -0.2) is 23.1 Å². The number of aliphatic hydroxyl groups excluding tert-OH is 1. The fourth-order valence-electron chi connectivity index (χ4n) is 2.54. The van der Waals surface area contributed by atoms with Gasteiger partial charge < -0.3 is 10.0 Å². The summed E-state index contributed by atoms with van der Waals surface area (Å²) in [5.41, 5.74) is 1.32. The predicted octanol–water partition coefficient (Wildman–Crippen LogP) is 2.74. The van der Waals surface area contributed by atoms with Gasteiger partial charge in [0.25, 0.3) is 5.69 Å². The average molecular weight is 264 g/mol. The number of benzene rings is 1. The van der Waals surface area contributed by atoms with Crippen molar-refractivity contribution in [3.05, 3.63) is 33.9 Å². The third-order valence-corrected chi connectivity index (χ3v) is 4.01. The zero-order valence-electron chi connectivity index (χ0n) is 11.5. The van der Waals surface area contributed by atoms with Crippen molar-refractivity contribution in [1.29, 1.82) is 0 Å². The Morgan fingerprint density at radius 1 is 1.37 bits per heavy atom.